The van der Waals surface area contributed by atoms with Crippen LogP contribution in [0.25, 0.3) is 6.08 Å². The lowest BCUT2D eigenvalue weighted by Crippen LogP contribution is -2.30. The lowest BCUT2D eigenvalue weighted by atomic mass is 10.2. The summed E-state index contributed by atoms with van der Waals surface area (Å²) in [5.74, 6) is 1.75. The van der Waals surface area contributed by atoms with E-state index in [0.29, 0.717) is 34.6 Å². The van der Waals surface area contributed by atoms with Crippen LogP contribution in [-0.2, 0) is 4.79 Å². The molecular weight excluding hydrogens is 312 g/mol. The van der Waals surface area contributed by atoms with Crippen molar-refractivity contribution in [1.82, 2.24) is 5.32 Å². The van der Waals surface area contributed by atoms with E-state index in [2.05, 4.69) is 5.32 Å². The molecule has 1 fully saturated rings. The summed E-state index contributed by atoms with van der Waals surface area (Å²) >= 11 is 5.31. The van der Waals surface area contributed by atoms with Gasteiger partial charge >= 0.3 is 0 Å². The van der Waals surface area contributed by atoms with E-state index in [4.69, 9.17) is 21.4 Å². The standard InChI is InChI=1S/C17H16N2O3S/c1-3-21-15-7-5-4-6-14(15)19-16(20)13(18-17(19)23)10-12-9-8-11(2)22-12/h4-10H,3H2,1-2H3,(H,18,23)/b13-10+. The van der Waals surface area contributed by atoms with Crippen molar-refractivity contribution in [2.24, 2.45) is 0 Å². The molecule has 3 rings (SSSR count). The number of furan rings is 1. The van der Waals surface area contributed by atoms with E-state index in [1.807, 2.05) is 38.1 Å². The predicted molar refractivity (Wildman–Crippen MR) is 92.3 cm³/mol. The van der Waals surface area contributed by atoms with Gasteiger partial charge in [0.25, 0.3) is 5.91 Å². The highest BCUT2D eigenvalue weighted by Crippen LogP contribution is 2.31. The first-order valence-corrected chi connectivity index (χ1v) is 7.66. The van der Waals surface area contributed by atoms with Gasteiger partial charge in [-0.15, -0.1) is 0 Å². The van der Waals surface area contributed by atoms with Crippen LogP contribution in [0.5, 0.6) is 5.75 Å². The fourth-order valence-electron chi connectivity index (χ4n) is 2.35. The van der Waals surface area contributed by atoms with Crippen molar-refractivity contribution in [1.29, 1.82) is 0 Å². The van der Waals surface area contributed by atoms with Gasteiger partial charge in [0.1, 0.15) is 23.0 Å². The third-order valence-electron chi connectivity index (χ3n) is 3.33. The Labute approximate surface area is 139 Å². The predicted octanol–water partition coefficient (Wildman–Crippen LogP) is 3.25. The zero-order valence-corrected chi connectivity index (χ0v) is 13.6. The summed E-state index contributed by atoms with van der Waals surface area (Å²) in [6.45, 7) is 4.25. The van der Waals surface area contributed by atoms with Gasteiger partial charge in [0.15, 0.2) is 5.11 Å². The fourth-order valence-corrected chi connectivity index (χ4v) is 2.64. The van der Waals surface area contributed by atoms with Crippen LogP contribution in [-0.4, -0.2) is 17.6 Å². The maximum atomic E-state index is 12.7. The van der Waals surface area contributed by atoms with Crippen LogP contribution in [0.4, 0.5) is 5.69 Å². The lowest BCUT2D eigenvalue weighted by Gasteiger charge is -2.17. The van der Waals surface area contributed by atoms with Gasteiger partial charge in [-0.25, -0.2) is 4.90 Å². The van der Waals surface area contributed by atoms with Crippen molar-refractivity contribution >= 4 is 35.0 Å². The molecule has 2 aromatic rings. The molecule has 1 saturated heterocycles. The van der Waals surface area contributed by atoms with Gasteiger partial charge in [-0.3, -0.25) is 4.79 Å². The number of hydrogen-bond donors (Lipinski definition) is 1. The number of nitrogens with zero attached hydrogens (tertiary/aromatic N) is 1. The maximum Gasteiger partial charge on any atom is 0.281 e. The first-order valence-electron chi connectivity index (χ1n) is 7.25. The Morgan fingerprint density at radius 1 is 1.30 bits per heavy atom. The van der Waals surface area contributed by atoms with Gasteiger partial charge in [-0.2, -0.15) is 0 Å². The summed E-state index contributed by atoms with van der Waals surface area (Å²) in [6.07, 6.45) is 1.64. The topological polar surface area (TPSA) is 54.7 Å². The molecule has 1 aliphatic heterocycles. The third kappa shape index (κ3) is 2.98. The second kappa shape index (κ2) is 6.26. The highest BCUT2D eigenvalue weighted by molar-refractivity contribution is 7.80. The van der Waals surface area contributed by atoms with E-state index < -0.39 is 0 Å². The zero-order valence-electron chi connectivity index (χ0n) is 12.8. The number of nitrogens with one attached hydrogen (secondary N) is 1. The van der Waals surface area contributed by atoms with Crippen molar-refractivity contribution < 1.29 is 13.9 Å². The molecule has 1 aromatic carbocycles. The molecule has 23 heavy (non-hydrogen) atoms. The summed E-state index contributed by atoms with van der Waals surface area (Å²) in [7, 11) is 0. The minimum atomic E-state index is -0.240. The number of anilines is 1. The van der Waals surface area contributed by atoms with Gasteiger partial charge in [0, 0.05) is 6.08 Å². The highest BCUT2D eigenvalue weighted by atomic mass is 32.1. The summed E-state index contributed by atoms with van der Waals surface area (Å²) in [4.78, 5) is 14.1. The normalized spacial score (nSPS) is 16.1. The minimum Gasteiger partial charge on any atom is -0.492 e. The van der Waals surface area contributed by atoms with E-state index >= 15 is 0 Å². The molecule has 0 unspecified atom stereocenters. The van der Waals surface area contributed by atoms with E-state index in [1.54, 1.807) is 18.2 Å². The smallest absolute Gasteiger partial charge is 0.281 e. The van der Waals surface area contributed by atoms with Crippen LogP contribution in [0.3, 0.4) is 0 Å². The molecule has 2 heterocycles. The number of para-hydroxylation sites is 2. The molecule has 0 aliphatic carbocycles. The highest BCUT2D eigenvalue weighted by Gasteiger charge is 2.33. The van der Waals surface area contributed by atoms with Gasteiger partial charge < -0.3 is 14.5 Å². The molecule has 0 saturated carbocycles. The fraction of sp³-hybridized carbons (Fsp3) is 0.176. The summed E-state index contributed by atoms with van der Waals surface area (Å²) in [5, 5.41) is 3.25. The van der Waals surface area contributed by atoms with Gasteiger partial charge in [-0.1, -0.05) is 12.1 Å². The van der Waals surface area contributed by atoms with E-state index in [9.17, 15) is 4.79 Å². The first kappa shape index (κ1) is 15.3. The molecule has 6 heteroatoms. The Morgan fingerprint density at radius 2 is 2.09 bits per heavy atom. The quantitative estimate of drug-likeness (QED) is 0.690. The largest absolute Gasteiger partial charge is 0.492 e. The number of carbonyl (C=O) groups is 1. The van der Waals surface area contributed by atoms with Crippen molar-refractivity contribution in [2.75, 3.05) is 11.5 Å². The monoisotopic (exact) mass is 328 g/mol. The van der Waals surface area contributed by atoms with Crippen molar-refractivity contribution in [3.63, 3.8) is 0 Å². The second-order valence-corrected chi connectivity index (χ2v) is 5.36. The molecule has 0 bridgehead atoms. The Bertz CT molecular complexity index is 795. The van der Waals surface area contributed by atoms with Crippen LogP contribution in [0, 0.1) is 6.92 Å². The number of aryl methyl sites for hydroxylation is 1. The number of hydrogen-bond acceptors (Lipinski definition) is 4. The van der Waals surface area contributed by atoms with Gasteiger partial charge in [-0.05, 0) is 50.3 Å². The van der Waals surface area contributed by atoms with E-state index in [0.717, 1.165) is 5.76 Å². The SMILES string of the molecule is CCOc1ccccc1N1C(=O)/C(=C\c2ccc(C)o2)NC1=S. The maximum absolute atomic E-state index is 12.7. The Kier molecular flexibility index (Phi) is 4.16. The summed E-state index contributed by atoms with van der Waals surface area (Å²) < 4.78 is 11.1. The van der Waals surface area contributed by atoms with Crippen molar-refractivity contribution in [2.45, 2.75) is 13.8 Å². The summed E-state index contributed by atoms with van der Waals surface area (Å²) in [5.41, 5.74) is 0.992. The van der Waals surface area contributed by atoms with Crippen molar-refractivity contribution in [3.05, 3.63) is 53.6 Å². The van der Waals surface area contributed by atoms with Crippen molar-refractivity contribution in [3.8, 4) is 5.75 Å². The molecule has 0 spiro atoms. The summed E-state index contributed by atoms with van der Waals surface area (Å²) in [6, 6.07) is 11.0. The molecule has 1 amide bonds. The van der Waals surface area contributed by atoms with Crippen LogP contribution < -0.4 is 15.0 Å². The van der Waals surface area contributed by atoms with Crippen LogP contribution >= 0.6 is 12.2 Å². The Balaban J connectivity index is 1.95. The Hall–Kier alpha value is -2.60. The van der Waals surface area contributed by atoms with Crippen LogP contribution in [0.15, 0.2) is 46.5 Å². The Morgan fingerprint density at radius 3 is 2.78 bits per heavy atom. The minimum absolute atomic E-state index is 0.240. The number of amides is 1. The molecule has 5 nitrogen and oxygen atoms in total. The number of ether oxygens (including phenoxy) is 1. The first-order chi connectivity index (χ1) is 11.1. The lowest BCUT2D eigenvalue weighted by molar-refractivity contribution is -0.113. The number of rotatable bonds is 4. The zero-order chi connectivity index (χ0) is 16.4. The molecule has 1 N–H and O–H groups in total. The molecular formula is C17H16N2O3S. The second-order valence-electron chi connectivity index (χ2n) is 4.98. The molecule has 1 aliphatic rings. The van der Waals surface area contributed by atoms with Gasteiger partial charge in [0.2, 0.25) is 0 Å². The van der Waals surface area contributed by atoms with E-state index in [1.165, 1.54) is 4.90 Å². The number of thiocarbonyl (C=S) groups is 1. The van der Waals surface area contributed by atoms with Crippen LogP contribution in [0.1, 0.15) is 18.4 Å². The average molecular weight is 328 g/mol. The number of carbonyl (C=O) groups excluding carboxylic acids is 1. The van der Waals surface area contributed by atoms with E-state index in [-0.39, 0.29) is 5.91 Å². The average Bonchev–Trinajstić information content (AvgIpc) is 3.05. The third-order valence-corrected chi connectivity index (χ3v) is 3.62. The molecule has 118 valence electrons. The molecule has 0 atom stereocenters. The van der Waals surface area contributed by atoms with Crippen LogP contribution in [0.2, 0.25) is 0 Å². The number of benzene rings is 1. The molecule has 0 radical (unpaired) electrons. The molecule has 1 aromatic heterocycles. The van der Waals surface area contributed by atoms with Gasteiger partial charge in [0.05, 0.1) is 12.3 Å².